The van der Waals surface area contributed by atoms with Crippen LogP contribution in [0.15, 0.2) is 12.7 Å². The molecule has 168 valence electrons. The van der Waals surface area contributed by atoms with Crippen molar-refractivity contribution in [3.63, 3.8) is 0 Å². The number of aromatic nitrogens is 2. The lowest BCUT2D eigenvalue weighted by Gasteiger charge is -2.58. The first-order valence-corrected chi connectivity index (χ1v) is 13.6. The van der Waals surface area contributed by atoms with E-state index in [1.54, 1.807) is 0 Å². The Morgan fingerprint density at radius 2 is 1.84 bits per heavy atom. The summed E-state index contributed by atoms with van der Waals surface area (Å²) in [5.74, 6) is 5.11. The molecular formula is C25H36N4OS. The van der Waals surface area contributed by atoms with Gasteiger partial charge in [0.05, 0.1) is 6.54 Å². The van der Waals surface area contributed by atoms with Crippen LogP contribution >= 0.6 is 11.8 Å². The number of amides is 1. The van der Waals surface area contributed by atoms with Crippen molar-refractivity contribution in [3.8, 4) is 0 Å². The molecule has 1 unspecified atom stereocenters. The lowest BCUT2D eigenvalue weighted by Crippen LogP contribution is -2.61. The highest BCUT2D eigenvalue weighted by molar-refractivity contribution is 7.99. The molecule has 2 heterocycles. The highest BCUT2D eigenvalue weighted by Crippen LogP contribution is 2.56. The molecule has 1 aromatic rings. The van der Waals surface area contributed by atoms with Gasteiger partial charge in [-0.1, -0.05) is 6.08 Å². The topological polar surface area (TPSA) is 50.2 Å². The van der Waals surface area contributed by atoms with E-state index in [1.165, 1.54) is 49.8 Å². The monoisotopic (exact) mass is 440 g/mol. The molecule has 1 N–H and O–H groups in total. The second kappa shape index (κ2) is 7.95. The smallest absolute Gasteiger partial charge is 0.274 e. The largest absolute Gasteiger partial charge is 0.336 e. The number of thioether (sulfide) groups is 1. The van der Waals surface area contributed by atoms with Crippen LogP contribution in [0, 0.1) is 17.8 Å². The molecule has 5 fully saturated rings. The van der Waals surface area contributed by atoms with Crippen molar-refractivity contribution in [2.75, 3.05) is 24.6 Å². The zero-order chi connectivity index (χ0) is 21.0. The van der Waals surface area contributed by atoms with Gasteiger partial charge in [0.25, 0.3) is 5.91 Å². The second-order valence-corrected chi connectivity index (χ2v) is 12.2. The van der Waals surface area contributed by atoms with Gasteiger partial charge in [0.15, 0.2) is 5.69 Å². The van der Waals surface area contributed by atoms with Crippen LogP contribution < -0.4 is 5.32 Å². The SMILES string of the molecule is C=CCn1nc(C(=O)N2CCSCC2)c2c1CCC(NC13CC4CC(CC(C4)C1)C3)C2. The highest BCUT2D eigenvalue weighted by atomic mass is 32.2. The second-order valence-electron chi connectivity index (χ2n) is 10.9. The molecule has 1 amide bonds. The quantitative estimate of drug-likeness (QED) is 0.710. The Labute approximate surface area is 190 Å². The number of carbonyl (C=O) groups is 1. The van der Waals surface area contributed by atoms with Gasteiger partial charge in [-0.25, -0.2) is 0 Å². The number of fused-ring (bicyclic) bond motifs is 1. The van der Waals surface area contributed by atoms with E-state index >= 15 is 0 Å². The van der Waals surface area contributed by atoms with Crippen LogP contribution in [0.5, 0.6) is 0 Å². The first kappa shape index (κ1) is 20.3. The van der Waals surface area contributed by atoms with E-state index in [2.05, 4.69) is 16.6 Å². The molecule has 1 saturated heterocycles. The zero-order valence-electron chi connectivity index (χ0n) is 18.7. The van der Waals surface area contributed by atoms with Gasteiger partial charge >= 0.3 is 0 Å². The van der Waals surface area contributed by atoms with E-state index in [0.29, 0.717) is 18.1 Å². The average molecular weight is 441 g/mol. The Morgan fingerprint density at radius 3 is 2.48 bits per heavy atom. The van der Waals surface area contributed by atoms with Crippen molar-refractivity contribution in [2.45, 2.75) is 75.9 Å². The molecular weight excluding hydrogens is 404 g/mol. The molecule has 5 nitrogen and oxygen atoms in total. The Morgan fingerprint density at radius 1 is 1.16 bits per heavy atom. The lowest BCUT2D eigenvalue weighted by atomic mass is 9.53. The molecule has 1 aromatic heterocycles. The molecule has 0 aromatic carbocycles. The van der Waals surface area contributed by atoms with Gasteiger partial charge in [-0.15, -0.1) is 6.58 Å². The maximum atomic E-state index is 13.4. The molecule has 1 aliphatic heterocycles. The van der Waals surface area contributed by atoms with Crippen LogP contribution in [0.4, 0.5) is 0 Å². The maximum Gasteiger partial charge on any atom is 0.274 e. The molecule has 7 rings (SSSR count). The molecule has 0 spiro atoms. The normalized spacial score (nSPS) is 36.5. The lowest BCUT2D eigenvalue weighted by molar-refractivity contribution is -0.0260. The van der Waals surface area contributed by atoms with Crippen molar-refractivity contribution in [2.24, 2.45) is 17.8 Å². The number of allylic oxidation sites excluding steroid dienone is 1. The van der Waals surface area contributed by atoms with Crippen molar-refractivity contribution in [1.82, 2.24) is 20.0 Å². The van der Waals surface area contributed by atoms with Crippen LogP contribution in [-0.4, -0.2) is 56.8 Å². The van der Waals surface area contributed by atoms with Crippen LogP contribution in [0.3, 0.4) is 0 Å². The average Bonchev–Trinajstić information content (AvgIpc) is 3.10. The molecule has 1 atom stereocenters. The van der Waals surface area contributed by atoms with Gasteiger partial charge in [0.2, 0.25) is 0 Å². The van der Waals surface area contributed by atoms with Gasteiger partial charge < -0.3 is 10.2 Å². The number of nitrogens with zero attached hydrogens (tertiary/aromatic N) is 3. The van der Waals surface area contributed by atoms with Crippen LogP contribution in [0.1, 0.15) is 66.7 Å². The van der Waals surface area contributed by atoms with E-state index in [0.717, 1.165) is 67.3 Å². The van der Waals surface area contributed by atoms with Crippen molar-refractivity contribution < 1.29 is 4.79 Å². The molecule has 4 saturated carbocycles. The van der Waals surface area contributed by atoms with E-state index in [1.807, 2.05) is 22.7 Å². The summed E-state index contributed by atoms with van der Waals surface area (Å²) in [5.41, 5.74) is 3.60. The minimum atomic E-state index is 0.148. The van der Waals surface area contributed by atoms with E-state index in [4.69, 9.17) is 5.10 Å². The predicted octanol–water partition coefficient (Wildman–Crippen LogP) is 3.67. The Bertz CT molecular complexity index is 836. The van der Waals surface area contributed by atoms with Gasteiger partial charge in [0, 0.05) is 47.4 Å². The van der Waals surface area contributed by atoms with E-state index < -0.39 is 0 Å². The number of hydrogen-bond donors (Lipinski definition) is 1. The summed E-state index contributed by atoms with van der Waals surface area (Å²) in [6.45, 7) is 6.31. The third kappa shape index (κ3) is 3.68. The molecule has 6 aliphatic rings. The van der Waals surface area contributed by atoms with Gasteiger partial charge in [-0.3, -0.25) is 9.48 Å². The van der Waals surface area contributed by atoms with E-state index in [9.17, 15) is 4.79 Å². The van der Waals surface area contributed by atoms with E-state index in [-0.39, 0.29) is 5.91 Å². The van der Waals surface area contributed by atoms with Crippen molar-refractivity contribution >= 4 is 17.7 Å². The summed E-state index contributed by atoms with van der Waals surface area (Å²) in [6, 6.07) is 0.480. The minimum Gasteiger partial charge on any atom is -0.336 e. The molecule has 31 heavy (non-hydrogen) atoms. The fourth-order valence-corrected chi connectivity index (χ4v) is 8.80. The molecule has 5 aliphatic carbocycles. The third-order valence-corrected chi connectivity index (χ3v) is 9.64. The Hall–Kier alpha value is -1.27. The Kier molecular flexibility index (Phi) is 5.21. The molecule has 4 bridgehead atoms. The van der Waals surface area contributed by atoms with Crippen molar-refractivity contribution in [1.29, 1.82) is 0 Å². The Balaban J connectivity index is 1.24. The van der Waals surface area contributed by atoms with Crippen LogP contribution in [0.2, 0.25) is 0 Å². The number of carbonyl (C=O) groups excluding carboxylic acids is 1. The summed E-state index contributed by atoms with van der Waals surface area (Å²) >= 11 is 1.94. The summed E-state index contributed by atoms with van der Waals surface area (Å²) in [6.07, 6.45) is 13.6. The van der Waals surface area contributed by atoms with Crippen LogP contribution in [-0.2, 0) is 19.4 Å². The first-order valence-electron chi connectivity index (χ1n) is 12.5. The third-order valence-electron chi connectivity index (χ3n) is 8.70. The fourth-order valence-electron chi connectivity index (χ4n) is 7.89. The zero-order valence-corrected chi connectivity index (χ0v) is 19.5. The number of nitrogens with one attached hydrogen (secondary N) is 1. The predicted molar refractivity (Wildman–Crippen MR) is 126 cm³/mol. The van der Waals surface area contributed by atoms with Crippen molar-refractivity contribution in [3.05, 3.63) is 29.6 Å². The summed E-state index contributed by atoms with van der Waals surface area (Å²) in [4.78, 5) is 15.4. The highest BCUT2D eigenvalue weighted by Gasteiger charge is 2.51. The van der Waals surface area contributed by atoms with Crippen LogP contribution in [0.25, 0.3) is 0 Å². The first-order chi connectivity index (χ1) is 15.1. The summed E-state index contributed by atoms with van der Waals surface area (Å²) < 4.78 is 2.05. The van der Waals surface area contributed by atoms with Gasteiger partial charge in [0.1, 0.15) is 0 Å². The standard InChI is InChI=1S/C25H36N4OS/c1-2-5-29-22-4-3-20(26-25-14-17-10-18(15-25)12-19(11-17)16-25)13-21(22)23(27-29)24(30)28-6-8-31-9-7-28/h2,17-20,26H,1,3-16H2. The summed E-state index contributed by atoms with van der Waals surface area (Å²) in [5, 5.41) is 9.04. The maximum absolute atomic E-state index is 13.4. The molecule has 6 heteroatoms. The van der Waals surface area contributed by atoms with Gasteiger partial charge in [-0.2, -0.15) is 16.9 Å². The minimum absolute atomic E-state index is 0.148. The summed E-state index contributed by atoms with van der Waals surface area (Å²) in [7, 11) is 0. The molecule has 0 radical (unpaired) electrons. The van der Waals surface area contributed by atoms with Gasteiger partial charge in [-0.05, 0) is 75.5 Å². The number of rotatable bonds is 5. The fraction of sp³-hybridized carbons (Fsp3) is 0.760. The number of hydrogen-bond acceptors (Lipinski definition) is 4.